The number of aliphatic hydroxyl groups excluding tert-OH is 2. The van der Waals surface area contributed by atoms with Crippen LogP contribution in [-0.2, 0) is 18.9 Å². The summed E-state index contributed by atoms with van der Waals surface area (Å²) < 4.78 is 22.5. The van der Waals surface area contributed by atoms with Crippen LogP contribution in [0.4, 0.5) is 0 Å². The van der Waals surface area contributed by atoms with Gasteiger partial charge < -0.3 is 29.2 Å². The van der Waals surface area contributed by atoms with Crippen molar-refractivity contribution < 1.29 is 29.2 Å². The Balaban J connectivity index is 2.38. The van der Waals surface area contributed by atoms with E-state index >= 15 is 0 Å². The molecule has 8 nitrogen and oxygen atoms in total. The van der Waals surface area contributed by atoms with Gasteiger partial charge in [0, 0.05) is 38.8 Å². The predicted molar refractivity (Wildman–Crippen MR) is 94.9 cm³/mol. The summed E-state index contributed by atoms with van der Waals surface area (Å²) in [6.07, 6.45) is 0. The van der Waals surface area contributed by atoms with Gasteiger partial charge in [0.2, 0.25) is 0 Å². The van der Waals surface area contributed by atoms with Crippen molar-refractivity contribution in [2.24, 2.45) is 0 Å². The van der Waals surface area contributed by atoms with Crippen molar-refractivity contribution in [1.29, 1.82) is 0 Å². The molecule has 0 aromatic rings. The van der Waals surface area contributed by atoms with Crippen LogP contribution in [0, 0.1) is 0 Å². The molecule has 1 heterocycles. The third kappa shape index (κ3) is 11.8. The summed E-state index contributed by atoms with van der Waals surface area (Å²) in [6.45, 7) is 10.5. The highest BCUT2D eigenvalue weighted by molar-refractivity contribution is 4.66. The van der Waals surface area contributed by atoms with Crippen molar-refractivity contribution in [3.8, 4) is 0 Å². The second kappa shape index (κ2) is 15.9. The normalized spacial score (nSPS) is 25.3. The predicted octanol–water partition coefficient (Wildman–Crippen LogP) is -0.956. The first kappa shape index (κ1) is 22.7. The van der Waals surface area contributed by atoms with Gasteiger partial charge in [0.05, 0.1) is 66.1 Å². The van der Waals surface area contributed by atoms with E-state index in [1.807, 2.05) is 0 Å². The minimum Gasteiger partial charge on any atom is -0.395 e. The number of aliphatic hydroxyl groups is 2. The molecule has 1 fully saturated rings. The van der Waals surface area contributed by atoms with Gasteiger partial charge in [-0.2, -0.15) is 0 Å². The maximum atomic E-state index is 9.21. The summed E-state index contributed by atoms with van der Waals surface area (Å²) in [4.78, 5) is 4.29. The SMILES string of the molecule is CC1COCCOCCN(CCO)CCOCCOCCN1CCO. The minimum atomic E-state index is 0.126. The van der Waals surface area contributed by atoms with Crippen LogP contribution in [0.25, 0.3) is 0 Å². The Hall–Kier alpha value is -0.320. The molecule has 0 aliphatic carbocycles. The summed E-state index contributed by atoms with van der Waals surface area (Å²) in [6, 6.07) is 0.214. The van der Waals surface area contributed by atoms with Gasteiger partial charge in [-0.15, -0.1) is 0 Å². The van der Waals surface area contributed by atoms with Crippen LogP contribution in [0.5, 0.6) is 0 Å². The van der Waals surface area contributed by atoms with Crippen molar-refractivity contribution >= 4 is 0 Å². The zero-order valence-electron chi connectivity index (χ0n) is 15.6. The van der Waals surface area contributed by atoms with E-state index in [2.05, 4.69) is 16.7 Å². The molecule has 1 atom stereocenters. The van der Waals surface area contributed by atoms with E-state index in [-0.39, 0.29) is 19.3 Å². The second-order valence-electron chi connectivity index (χ2n) is 6.09. The number of hydrogen-bond acceptors (Lipinski definition) is 8. The van der Waals surface area contributed by atoms with Gasteiger partial charge in [-0.05, 0) is 6.92 Å². The summed E-state index contributed by atoms with van der Waals surface area (Å²) in [7, 11) is 0. The molecule has 0 aromatic carbocycles. The fourth-order valence-electron chi connectivity index (χ4n) is 2.63. The highest BCUT2D eigenvalue weighted by atomic mass is 16.5. The summed E-state index contributed by atoms with van der Waals surface area (Å²) in [5, 5.41) is 18.3. The van der Waals surface area contributed by atoms with Crippen molar-refractivity contribution in [3.63, 3.8) is 0 Å². The largest absolute Gasteiger partial charge is 0.395 e. The first-order chi connectivity index (χ1) is 12.3. The standard InChI is InChI=1S/C17H36N2O6/c1-17-16-25-15-14-23-10-5-18(2-7-20)4-9-22-12-13-24-11-6-19(17)3-8-21/h17,20-21H,2-16H2,1H3. The molecule has 0 spiro atoms. The van der Waals surface area contributed by atoms with Gasteiger partial charge in [-0.25, -0.2) is 0 Å². The van der Waals surface area contributed by atoms with E-state index in [4.69, 9.17) is 24.1 Å². The van der Waals surface area contributed by atoms with Gasteiger partial charge in [0.15, 0.2) is 0 Å². The Morgan fingerprint density at radius 1 is 0.720 bits per heavy atom. The minimum absolute atomic E-state index is 0.126. The summed E-state index contributed by atoms with van der Waals surface area (Å²) >= 11 is 0. The number of rotatable bonds is 4. The fraction of sp³-hybridized carbons (Fsp3) is 1.00. The average Bonchev–Trinajstić information content (AvgIpc) is 2.61. The van der Waals surface area contributed by atoms with Crippen LogP contribution < -0.4 is 0 Å². The second-order valence-corrected chi connectivity index (χ2v) is 6.09. The van der Waals surface area contributed by atoms with Gasteiger partial charge >= 0.3 is 0 Å². The molecule has 1 rings (SSSR count). The zero-order chi connectivity index (χ0) is 18.2. The number of β-amino-alcohol motifs (C(OH)–C–C–N with tert-alkyl or cyclic N) is 2. The van der Waals surface area contributed by atoms with Crippen LogP contribution in [-0.4, -0.2) is 125 Å². The van der Waals surface area contributed by atoms with E-state index in [1.54, 1.807) is 0 Å². The molecular weight excluding hydrogens is 328 g/mol. The smallest absolute Gasteiger partial charge is 0.0701 e. The highest BCUT2D eigenvalue weighted by Crippen LogP contribution is 2.00. The molecule has 150 valence electrons. The molecule has 8 heteroatoms. The quantitative estimate of drug-likeness (QED) is 0.660. The molecule has 0 aromatic heterocycles. The molecule has 0 radical (unpaired) electrons. The molecule has 0 bridgehead atoms. The highest BCUT2D eigenvalue weighted by Gasteiger charge is 2.13. The van der Waals surface area contributed by atoms with Crippen molar-refractivity contribution in [1.82, 2.24) is 9.80 Å². The van der Waals surface area contributed by atoms with Crippen LogP contribution in [0.2, 0.25) is 0 Å². The van der Waals surface area contributed by atoms with Crippen molar-refractivity contribution in [2.75, 3.05) is 98.8 Å². The molecular formula is C17H36N2O6. The Labute approximate surface area is 151 Å². The topological polar surface area (TPSA) is 83.9 Å². The number of ether oxygens (including phenoxy) is 4. The van der Waals surface area contributed by atoms with Crippen molar-refractivity contribution in [2.45, 2.75) is 13.0 Å². The Morgan fingerprint density at radius 2 is 1.24 bits per heavy atom. The summed E-state index contributed by atoms with van der Waals surface area (Å²) in [5.74, 6) is 0. The van der Waals surface area contributed by atoms with E-state index in [0.717, 1.165) is 19.6 Å². The summed E-state index contributed by atoms with van der Waals surface area (Å²) in [5.41, 5.74) is 0. The third-order valence-electron chi connectivity index (χ3n) is 4.16. The van der Waals surface area contributed by atoms with E-state index in [0.29, 0.717) is 65.9 Å². The van der Waals surface area contributed by atoms with E-state index in [1.165, 1.54) is 0 Å². The van der Waals surface area contributed by atoms with Gasteiger partial charge in [-0.1, -0.05) is 0 Å². The van der Waals surface area contributed by atoms with Gasteiger partial charge in [0.25, 0.3) is 0 Å². The fourth-order valence-corrected chi connectivity index (χ4v) is 2.63. The lowest BCUT2D eigenvalue weighted by Gasteiger charge is -2.28. The molecule has 2 N–H and O–H groups in total. The zero-order valence-corrected chi connectivity index (χ0v) is 15.6. The van der Waals surface area contributed by atoms with Crippen LogP contribution in [0.15, 0.2) is 0 Å². The first-order valence-corrected chi connectivity index (χ1v) is 9.27. The maximum Gasteiger partial charge on any atom is 0.0701 e. The van der Waals surface area contributed by atoms with Gasteiger partial charge in [-0.3, -0.25) is 9.80 Å². The average molecular weight is 364 g/mol. The Bertz CT molecular complexity index is 298. The molecule has 1 aliphatic heterocycles. The van der Waals surface area contributed by atoms with Crippen LogP contribution >= 0.6 is 0 Å². The van der Waals surface area contributed by atoms with Crippen molar-refractivity contribution in [3.05, 3.63) is 0 Å². The van der Waals surface area contributed by atoms with Crippen LogP contribution in [0.1, 0.15) is 6.92 Å². The maximum absolute atomic E-state index is 9.21. The van der Waals surface area contributed by atoms with Gasteiger partial charge in [0.1, 0.15) is 0 Å². The number of nitrogens with zero attached hydrogens (tertiary/aromatic N) is 2. The lowest BCUT2D eigenvalue weighted by molar-refractivity contribution is -0.00763. The molecule has 1 saturated heterocycles. The lowest BCUT2D eigenvalue weighted by atomic mass is 10.3. The monoisotopic (exact) mass is 364 g/mol. The van der Waals surface area contributed by atoms with E-state index < -0.39 is 0 Å². The molecule has 1 aliphatic rings. The third-order valence-corrected chi connectivity index (χ3v) is 4.16. The molecule has 1 unspecified atom stereocenters. The van der Waals surface area contributed by atoms with E-state index in [9.17, 15) is 5.11 Å². The first-order valence-electron chi connectivity index (χ1n) is 9.27. The number of hydrogen-bond donors (Lipinski definition) is 2. The Kier molecular flexibility index (Phi) is 14.4. The molecule has 0 amide bonds. The Morgan fingerprint density at radius 3 is 1.80 bits per heavy atom. The molecule has 0 saturated carbocycles. The molecule has 25 heavy (non-hydrogen) atoms. The lowest BCUT2D eigenvalue weighted by Crippen LogP contribution is -2.41. The van der Waals surface area contributed by atoms with Crippen LogP contribution in [0.3, 0.4) is 0 Å².